The molecule has 164 valence electrons. The van der Waals surface area contributed by atoms with Crippen LogP contribution in [0, 0.1) is 5.92 Å². The van der Waals surface area contributed by atoms with Crippen LogP contribution in [-0.2, 0) is 9.59 Å². The summed E-state index contributed by atoms with van der Waals surface area (Å²) in [6.07, 6.45) is 5.84. The SMILES string of the molecule is CC(C)c1ccc(NC(=O)C2CCCN(C(=O)C3CC(c4ccncc4)NN3)C2)cc1. The summed E-state index contributed by atoms with van der Waals surface area (Å²) in [6, 6.07) is 11.7. The zero-order chi connectivity index (χ0) is 21.8. The van der Waals surface area contributed by atoms with E-state index in [0.717, 1.165) is 24.1 Å². The molecule has 0 bridgehead atoms. The van der Waals surface area contributed by atoms with Crippen LogP contribution in [0.4, 0.5) is 5.69 Å². The number of nitrogens with one attached hydrogen (secondary N) is 3. The Morgan fingerprint density at radius 3 is 2.55 bits per heavy atom. The lowest BCUT2D eigenvalue weighted by molar-refractivity contribution is -0.136. The Hall–Kier alpha value is -2.77. The van der Waals surface area contributed by atoms with Gasteiger partial charge in [0.25, 0.3) is 0 Å². The number of amides is 2. The number of carbonyl (C=O) groups excluding carboxylic acids is 2. The first-order chi connectivity index (χ1) is 15.0. The Labute approximate surface area is 183 Å². The molecular formula is C24H31N5O2. The summed E-state index contributed by atoms with van der Waals surface area (Å²) in [4.78, 5) is 31.8. The minimum Gasteiger partial charge on any atom is -0.341 e. The van der Waals surface area contributed by atoms with E-state index in [4.69, 9.17) is 0 Å². The van der Waals surface area contributed by atoms with Gasteiger partial charge in [-0.05, 0) is 60.6 Å². The number of carbonyl (C=O) groups is 2. The highest BCUT2D eigenvalue weighted by Crippen LogP contribution is 2.25. The Morgan fingerprint density at radius 1 is 1.10 bits per heavy atom. The van der Waals surface area contributed by atoms with Gasteiger partial charge in [0, 0.05) is 37.2 Å². The predicted octanol–water partition coefficient (Wildman–Crippen LogP) is 2.99. The summed E-state index contributed by atoms with van der Waals surface area (Å²) < 4.78 is 0. The molecule has 0 spiro atoms. The predicted molar refractivity (Wildman–Crippen MR) is 120 cm³/mol. The van der Waals surface area contributed by atoms with E-state index >= 15 is 0 Å². The first-order valence-electron chi connectivity index (χ1n) is 11.1. The molecular weight excluding hydrogens is 390 g/mol. The molecule has 3 atom stereocenters. The van der Waals surface area contributed by atoms with E-state index in [9.17, 15) is 9.59 Å². The van der Waals surface area contributed by atoms with Crippen LogP contribution in [0.5, 0.6) is 0 Å². The van der Waals surface area contributed by atoms with Gasteiger partial charge in [0.15, 0.2) is 0 Å². The number of nitrogens with zero attached hydrogens (tertiary/aromatic N) is 2. The van der Waals surface area contributed by atoms with Crippen molar-refractivity contribution in [3.8, 4) is 0 Å². The van der Waals surface area contributed by atoms with Gasteiger partial charge in [0.1, 0.15) is 6.04 Å². The maximum Gasteiger partial charge on any atom is 0.241 e. The fourth-order valence-corrected chi connectivity index (χ4v) is 4.34. The van der Waals surface area contributed by atoms with Gasteiger partial charge in [-0.25, -0.2) is 10.9 Å². The zero-order valence-electron chi connectivity index (χ0n) is 18.2. The van der Waals surface area contributed by atoms with E-state index in [1.807, 2.05) is 29.2 Å². The summed E-state index contributed by atoms with van der Waals surface area (Å²) in [5, 5.41) is 3.02. The normalized spacial score (nSPS) is 23.7. The number of hydrogen-bond donors (Lipinski definition) is 3. The molecule has 4 rings (SSSR count). The summed E-state index contributed by atoms with van der Waals surface area (Å²) in [5.74, 6) is 0.317. The maximum atomic E-state index is 13.1. The Kier molecular flexibility index (Phi) is 6.63. The molecule has 2 amide bonds. The first kappa shape index (κ1) is 21.5. The van der Waals surface area contributed by atoms with Gasteiger partial charge < -0.3 is 10.2 Å². The molecule has 1 aromatic carbocycles. The number of aromatic nitrogens is 1. The molecule has 31 heavy (non-hydrogen) atoms. The highest BCUT2D eigenvalue weighted by molar-refractivity contribution is 5.93. The molecule has 2 saturated heterocycles. The number of hydrogen-bond acceptors (Lipinski definition) is 5. The van der Waals surface area contributed by atoms with Gasteiger partial charge in [-0.3, -0.25) is 14.6 Å². The number of rotatable bonds is 5. The first-order valence-corrected chi connectivity index (χ1v) is 11.1. The molecule has 2 aliphatic rings. The fraction of sp³-hybridized carbons (Fsp3) is 0.458. The molecule has 0 radical (unpaired) electrons. The standard InChI is InChI=1S/C24H31N5O2/c1-16(2)17-5-7-20(8-6-17)26-23(30)19-4-3-13-29(15-19)24(31)22-14-21(27-28-22)18-9-11-25-12-10-18/h5-12,16,19,21-22,27-28H,3-4,13-15H2,1-2H3,(H,26,30). The third-order valence-electron chi connectivity index (χ3n) is 6.26. The van der Waals surface area contributed by atoms with E-state index in [0.29, 0.717) is 25.4 Å². The third-order valence-corrected chi connectivity index (χ3v) is 6.26. The quantitative estimate of drug-likeness (QED) is 0.691. The van der Waals surface area contributed by atoms with Crippen molar-refractivity contribution in [1.29, 1.82) is 0 Å². The van der Waals surface area contributed by atoms with E-state index in [-0.39, 0.29) is 29.8 Å². The van der Waals surface area contributed by atoms with Gasteiger partial charge in [-0.1, -0.05) is 26.0 Å². The van der Waals surface area contributed by atoms with Crippen LogP contribution in [0.25, 0.3) is 0 Å². The Balaban J connectivity index is 1.32. The van der Waals surface area contributed by atoms with Crippen LogP contribution >= 0.6 is 0 Å². The Bertz CT molecular complexity index is 900. The topological polar surface area (TPSA) is 86.4 Å². The molecule has 2 aliphatic heterocycles. The van der Waals surface area contributed by atoms with Gasteiger partial charge >= 0.3 is 0 Å². The summed E-state index contributed by atoms with van der Waals surface area (Å²) in [6.45, 7) is 5.46. The fourth-order valence-electron chi connectivity index (χ4n) is 4.34. The van der Waals surface area contributed by atoms with Crippen molar-refractivity contribution in [2.45, 2.75) is 51.1 Å². The number of pyridine rings is 1. The molecule has 7 nitrogen and oxygen atoms in total. The summed E-state index contributed by atoms with van der Waals surface area (Å²) in [7, 11) is 0. The lowest BCUT2D eigenvalue weighted by atomic mass is 9.95. The zero-order valence-corrected chi connectivity index (χ0v) is 18.2. The second-order valence-corrected chi connectivity index (χ2v) is 8.80. The van der Waals surface area contributed by atoms with Gasteiger partial charge in [-0.2, -0.15) is 0 Å². The average molecular weight is 422 g/mol. The monoisotopic (exact) mass is 421 g/mol. The van der Waals surface area contributed by atoms with E-state index in [1.165, 1.54) is 5.56 Å². The molecule has 2 aromatic rings. The van der Waals surface area contributed by atoms with E-state index in [2.05, 4.69) is 47.1 Å². The molecule has 3 heterocycles. The maximum absolute atomic E-state index is 13.1. The van der Waals surface area contributed by atoms with Crippen molar-refractivity contribution in [1.82, 2.24) is 20.7 Å². The molecule has 0 saturated carbocycles. The smallest absolute Gasteiger partial charge is 0.241 e. The molecule has 7 heteroatoms. The van der Waals surface area contributed by atoms with Crippen molar-refractivity contribution >= 4 is 17.5 Å². The number of hydrazine groups is 1. The second kappa shape index (κ2) is 9.58. The largest absolute Gasteiger partial charge is 0.341 e. The van der Waals surface area contributed by atoms with Gasteiger partial charge in [0.2, 0.25) is 11.8 Å². The van der Waals surface area contributed by atoms with Crippen LogP contribution in [0.3, 0.4) is 0 Å². The second-order valence-electron chi connectivity index (χ2n) is 8.80. The van der Waals surface area contributed by atoms with Gasteiger partial charge in [-0.15, -0.1) is 0 Å². The molecule has 0 aliphatic carbocycles. The van der Waals surface area contributed by atoms with Crippen LogP contribution in [0.15, 0.2) is 48.8 Å². The van der Waals surface area contributed by atoms with E-state index in [1.54, 1.807) is 12.4 Å². The van der Waals surface area contributed by atoms with Crippen molar-refractivity contribution in [3.63, 3.8) is 0 Å². The molecule has 1 aromatic heterocycles. The van der Waals surface area contributed by atoms with Crippen molar-refractivity contribution in [2.24, 2.45) is 5.92 Å². The van der Waals surface area contributed by atoms with Crippen molar-refractivity contribution < 1.29 is 9.59 Å². The molecule has 3 unspecified atom stereocenters. The average Bonchev–Trinajstić information content (AvgIpc) is 3.30. The van der Waals surface area contributed by atoms with Crippen LogP contribution in [0.2, 0.25) is 0 Å². The highest BCUT2D eigenvalue weighted by atomic mass is 16.2. The Morgan fingerprint density at radius 2 is 1.84 bits per heavy atom. The van der Waals surface area contributed by atoms with Crippen LogP contribution < -0.4 is 16.2 Å². The lowest BCUT2D eigenvalue weighted by Crippen LogP contribution is -2.50. The van der Waals surface area contributed by atoms with Crippen molar-refractivity contribution in [3.05, 3.63) is 59.9 Å². The number of benzene rings is 1. The van der Waals surface area contributed by atoms with Gasteiger partial charge in [0.05, 0.1) is 5.92 Å². The molecule has 3 N–H and O–H groups in total. The minimum atomic E-state index is -0.288. The van der Waals surface area contributed by atoms with Crippen LogP contribution in [0.1, 0.15) is 56.2 Å². The number of likely N-dealkylation sites (tertiary alicyclic amines) is 1. The number of anilines is 1. The van der Waals surface area contributed by atoms with Crippen LogP contribution in [-0.4, -0.2) is 40.8 Å². The molecule has 2 fully saturated rings. The highest BCUT2D eigenvalue weighted by Gasteiger charge is 2.36. The third kappa shape index (κ3) is 5.11. The van der Waals surface area contributed by atoms with E-state index < -0.39 is 0 Å². The number of piperidine rings is 1. The lowest BCUT2D eigenvalue weighted by Gasteiger charge is -2.33. The minimum absolute atomic E-state index is 0.0121. The summed E-state index contributed by atoms with van der Waals surface area (Å²) >= 11 is 0. The summed E-state index contributed by atoms with van der Waals surface area (Å²) in [5.41, 5.74) is 9.52. The van der Waals surface area contributed by atoms with Crippen molar-refractivity contribution in [2.75, 3.05) is 18.4 Å².